The van der Waals surface area contributed by atoms with E-state index in [-0.39, 0.29) is 11.3 Å². The molecular formula is C18H17N5O4S. The first-order chi connectivity index (χ1) is 13.5. The second kappa shape index (κ2) is 8.53. The van der Waals surface area contributed by atoms with E-state index in [4.69, 9.17) is 4.74 Å². The zero-order valence-corrected chi connectivity index (χ0v) is 16.0. The maximum absolute atomic E-state index is 12.6. The second-order valence-corrected chi connectivity index (χ2v) is 6.66. The first-order valence-electron chi connectivity index (χ1n) is 8.33. The third kappa shape index (κ3) is 4.29. The lowest BCUT2D eigenvalue weighted by atomic mass is 10.2. The third-order valence-corrected chi connectivity index (χ3v) is 4.84. The van der Waals surface area contributed by atoms with Crippen molar-refractivity contribution >= 4 is 29.0 Å². The van der Waals surface area contributed by atoms with Crippen molar-refractivity contribution in [3.63, 3.8) is 0 Å². The number of nitrogens with zero attached hydrogens (tertiary/aromatic N) is 4. The molecule has 0 spiro atoms. The minimum absolute atomic E-state index is 0.167. The Morgan fingerprint density at radius 1 is 1.32 bits per heavy atom. The van der Waals surface area contributed by atoms with Gasteiger partial charge in [-0.15, -0.1) is 10.2 Å². The second-order valence-electron chi connectivity index (χ2n) is 5.65. The van der Waals surface area contributed by atoms with Gasteiger partial charge in [-0.2, -0.15) is 0 Å². The summed E-state index contributed by atoms with van der Waals surface area (Å²) in [6.45, 7) is 2.29. The Morgan fingerprint density at radius 2 is 2.11 bits per heavy atom. The van der Waals surface area contributed by atoms with Crippen LogP contribution in [-0.4, -0.2) is 32.2 Å². The number of anilines is 1. The first-order valence-corrected chi connectivity index (χ1v) is 9.14. The number of benzene rings is 2. The SMILES string of the molecule is CCOc1ccccc1NC(=O)c1ccc(Sc2nncn2C)c([N+](=O)[O-])c1. The number of nitro benzene ring substituents is 1. The molecule has 0 fully saturated rings. The van der Waals surface area contributed by atoms with E-state index >= 15 is 0 Å². The number of hydrogen-bond acceptors (Lipinski definition) is 7. The van der Waals surface area contributed by atoms with Gasteiger partial charge in [0.15, 0.2) is 5.16 Å². The molecule has 0 bridgehead atoms. The number of ether oxygens (including phenoxy) is 1. The van der Waals surface area contributed by atoms with Crippen molar-refractivity contribution < 1.29 is 14.5 Å². The maximum Gasteiger partial charge on any atom is 0.284 e. The number of rotatable bonds is 7. The average molecular weight is 399 g/mol. The Morgan fingerprint density at radius 3 is 2.79 bits per heavy atom. The molecule has 0 saturated carbocycles. The van der Waals surface area contributed by atoms with Crippen molar-refractivity contribution in [3.8, 4) is 5.75 Å². The lowest BCUT2D eigenvalue weighted by Gasteiger charge is -2.11. The summed E-state index contributed by atoms with van der Waals surface area (Å²) in [6.07, 6.45) is 1.51. The van der Waals surface area contributed by atoms with Crippen molar-refractivity contribution in [1.29, 1.82) is 0 Å². The van der Waals surface area contributed by atoms with Gasteiger partial charge in [0.2, 0.25) is 0 Å². The Balaban J connectivity index is 1.86. The lowest BCUT2D eigenvalue weighted by molar-refractivity contribution is -0.387. The summed E-state index contributed by atoms with van der Waals surface area (Å²) in [6, 6.07) is 11.3. The molecule has 1 aromatic heterocycles. The molecule has 0 aliphatic carbocycles. The molecule has 1 heterocycles. The van der Waals surface area contributed by atoms with E-state index in [1.807, 2.05) is 6.92 Å². The quantitative estimate of drug-likeness (QED) is 0.478. The van der Waals surface area contributed by atoms with Crippen molar-refractivity contribution in [1.82, 2.24) is 14.8 Å². The van der Waals surface area contributed by atoms with Crippen molar-refractivity contribution in [2.75, 3.05) is 11.9 Å². The van der Waals surface area contributed by atoms with Crippen LogP contribution >= 0.6 is 11.8 Å². The average Bonchev–Trinajstić information content (AvgIpc) is 3.08. The lowest BCUT2D eigenvalue weighted by Crippen LogP contribution is -2.13. The Hall–Kier alpha value is -3.40. The molecule has 10 heteroatoms. The molecule has 2 aromatic carbocycles. The van der Waals surface area contributed by atoms with Crippen LogP contribution in [0.15, 0.2) is 58.8 Å². The van der Waals surface area contributed by atoms with Gasteiger partial charge in [0.1, 0.15) is 12.1 Å². The summed E-state index contributed by atoms with van der Waals surface area (Å²) in [5.74, 6) is 0.0627. The first kappa shape index (κ1) is 19.4. The minimum Gasteiger partial charge on any atom is -0.492 e. The summed E-state index contributed by atoms with van der Waals surface area (Å²) < 4.78 is 7.14. The van der Waals surface area contributed by atoms with E-state index in [0.717, 1.165) is 11.8 Å². The minimum atomic E-state index is -0.524. The Bertz CT molecular complexity index is 1020. The molecule has 1 amide bonds. The summed E-state index contributed by atoms with van der Waals surface area (Å²) in [5.41, 5.74) is 0.480. The molecule has 3 aromatic rings. The highest BCUT2D eigenvalue weighted by molar-refractivity contribution is 7.99. The Labute approximate surface area is 164 Å². The molecular weight excluding hydrogens is 382 g/mol. The van der Waals surface area contributed by atoms with E-state index in [2.05, 4.69) is 15.5 Å². The fourth-order valence-corrected chi connectivity index (χ4v) is 3.25. The number of nitro groups is 1. The monoisotopic (exact) mass is 399 g/mol. The fourth-order valence-electron chi connectivity index (χ4n) is 2.40. The van der Waals surface area contributed by atoms with Crippen LogP contribution in [-0.2, 0) is 7.05 Å². The standard InChI is InChI=1S/C18H17N5O4S/c1-3-27-15-7-5-4-6-13(15)20-17(24)12-8-9-16(14(10-12)23(25)26)28-18-21-19-11-22(18)2/h4-11H,3H2,1-2H3,(H,20,24). The summed E-state index contributed by atoms with van der Waals surface area (Å²) >= 11 is 1.11. The third-order valence-electron chi connectivity index (χ3n) is 3.72. The fraction of sp³-hybridized carbons (Fsp3) is 0.167. The van der Waals surface area contributed by atoms with Crippen LogP contribution in [0.1, 0.15) is 17.3 Å². The number of carbonyl (C=O) groups excluding carboxylic acids is 1. The summed E-state index contributed by atoms with van der Waals surface area (Å²) in [4.78, 5) is 24.0. The number of aromatic nitrogens is 3. The van der Waals surface area contributed by atoms with Crippen LogP contribution in [0.2, 0.25) is 0 Å². The molecule has 0 radical (unpaired) electrons. The molecule has 0 saturated heterocycles. The molecule has 0 unspecified atom stereocenters. The van der Waals surface area contributed by atoms with Gasteiger partial charge in [0.05, 0.1) is 22.1 Å². The zero-order chi connectivity index (χ0) is 20.1. The van der Waals surface area contributed by atoms with E-state index in [9.17, 15) is 14.9 Å². The van der Waals surface area contributed by atoms with E-state index in [1.54, 1.807) is 35.9 Å². The van der Waals surface area contributed by atoms with Crippen molar-refractivity contribution in [2.24, 2.45) is 7.05 Å². The predicted molar refractivity (Wildman–Crippen MR) is 104 cm³/mol. The summed E-state index contributed by atoms with van der Waals surface area (Å²) in [7, 11) is 1.74. The van der Waals surface area contributed by atoms with Gasteiger partial charge in [0.25, 0.3) is 11.6 Å². The van der Waals surface area contributed by atoms with Crippen LogP contribution in [0, 0.1) is 10.1 Å². The molecule has 1 N–H and O–H groups in total. The molecule has 28 heavy (non-hydrogen) atoms. The molecule has 3 rings (SSSR count). The maximum atomic E-state index is 12.6. The number of para-hydroxylation sites is 2. The molecule has 0 atom stereocenters. The van der Waals surface area contributed by atoms with Gasteiger partial charge in [-0.25, -0.2) is 0 Å². The number of carbonyl (C=O) groups is 1. The largest absolute Gasteiger partial charge is 0.492 e. The highest BCUT2D eigenvalue weighted by Gasteiger charge is 2.20. The number of hydrogen-bond donors (Lipinski definition) is 1. The zero-order valence-electron chi connectivity index (χ0n) is 15.2. The number of amides is 1. The molecule has 0 aliphatic heterocycles. The van der Waals surface area contributed by atoms with Crippen LogP contribution in [0.5, 0.6) is 5.75 Å². The van der Waals surface area contributed by atoms with Crippen LogP contribution in [0.25, 0.3) is 0 Å². The van der Waals surface area contributed by atoms with Gasteiger partial charge in [-0.3, -0.25) is 14.9 Å². The highest BCUT2D eigenvalue weighted by atomic mass is 32.2. The van der Waals surface area contributed by atoms with Crippen LogP contribution < -0.4 is 10.1 Å². The van der Waals surface area contributed by atoms with Gasteiger partial charge in [-0.05, 0) is 43.0 Å². The smallest absolute Gasteiger partial charge is 0.284 e. The highest BCUT2D eigenvalue weighted by Crippen LogP contribution is 2.34. The normalized spacial score (nSPS) is 10.5. The Kier molecular flexibility index (Phi) is 5.90. The van der Waals surface area contributed by atoms with Gasteiger partial charge in [0, 0.05) is 18.7 Å². The van der Waals surface area contributed by atoms with Gasteiger partial charge >= 0.3 is 0 Å². The van der Waals surface area contributed by atoms with E-state index in [1.165, 1.54) is 24.5 Å². The molecule has 144 valence electrons. The topological polar surface area (TPSA) is 112 Å². The van der Waals surface area contributed by atoms with Crippen LogP contribution in [0.3, 0.4) is 0 Å². The van der Waals surface area contributed by atoms with Gasteiger partial charge in [-0.1, -0.05) is 12.1 Å². The van der Waals surface area contributed by atoms with E-state index < -0.39 is 10.8 Å². The predicted octanol–water partition coefficient (Wildman–Crippen LogP) is 3.53. The summed E-state index contributed by atoms with van der Waals surface area (Å²) in [5, 5.41) is 22.4. The van der Waals surface area contributed by atoms with Gasteiger partial charge < -0.3 is 14.6 Å². The number of nitrogens with one attached hydrogen (secondary N) is 1. The van der Waals surface area contributed by atoms with Crippen molar-refractivity contribution in [3.05, 3.63) is 64.5 Å². The molecule has 9 nitrogen and oxygen atoms in total. The molecule has 0 aliphatic rings. The van der Waals surface area contributed by atoms with Crippen LogP contribution in [0.4, 0.5) is 11.4 Å². The van der Waals surface area contributed by atoms with E-state index in [0.29, 0.717) is 28.1 Å². The van der Waals surface area contributed by atoms with Crippen molar-refractivity contribution in [2.45, 2.75) is 17.0 Å². The number of aryl methyl sites for hydroxylation is 1.